The van der Waals surface area contributed by atoms with Gasteiger partial charge in [0.1, 0.15) is 0 Å². The highest BCUT2D eigenvalue weighted by Crippen LogP contribution is 2.27. The van der Waals surface area contributed by atoms with Crippen molar-refractivity contribution in [2.75, 3.05) is 0 Å². The number of aromatic nitrogens is 2. The van der Waals surface area contributed by atoms with E-state index in [4.69, 9.17) is 0 Å². The molecule has 0 unspecified atom stereocenters. The first-order chi connectivity index (χ1) is 6.29. The molecule has 2 aromatic rings. The number of hydrogen-bond acceptors (Lipinski definition) is 4. The molecule has 2 aromatic heterocycles. The average Bonchev–Trinajstić information content (AvgIpc) is 2.74. The number of rotatable bonds is 2. The van der Waals surface area contributed by atoms with E-state index in [1.165, 1.54) is 17.4 Å². The molecule has 66 valence electrons. The van der Waals surface area contributed by atoms with E-state index in [1.54, 1.807) is 28.7 Å². The van der Waals surface area contributed by atoms with E-state index in [-0.39, 0.29) is 5.69 Å². The van der Waals surface area contributed by atoms with Crippen molar-refractivity contribution in [2.45, 2.75) is 0 Å². The van der Waals surface area contributed by atoms with Crippen LogP contribution in [0, 0.1) is 10.1 Å². The lowest BCUT2D eigenvalue weighted by atomic mass is 10.5. The van der Waals surface area contributed by atoms with E-state index in [0.29, 0.717) is 5.00 Å². The van der Waals surface area contributed by atoms with Gasteiger partial charge in [-0.2, -0.15) is 0 Å². The molecule has 13 heavy (non-hydrogen) atoms. The first kappa shape index (κ1) is 7.93. The smallest absolute Gasteiger partial charge is 0.292 e. The topological polar surface area (TPSA) is 61.0 Å². The highest BCUT2D eigenvalue weighted by Gasteiger charge is 2.15. The summed E-state index contributed by atoms with van der Waals surface area (Å²) in [6.45, 7) is 0. The van der Waals surface area contributed by atoms with Gasteiger partial charge in [0.05, 0.1) is 11.3 Å². The first-order valence-corrected chi connectivity index (χ1v) is 4.37. The Labute approximate surface area is 77.4 Å². The largest absolute Gasteiger partial charge is 0.304 e. The van der Waals surface area contributed by atoms with Crippen molar-refractivity contribution in [1.82, 2.24) is 9.55 Å². The third-order valence-electron chi connectivity index (χ3n) is 1.56. The quantitative estimate of drug-likeness (QED) is 0.542. The van der Waals surface area contributed by atoms with Crippen molar-refractivity contribution in [3.05, 3.63) is 40.3 Å². The van der Waals surface area contributed by atoms with Crippen LogP contribution >= 0.6 is 11.3 Å². The Morgan fingerprint density at radius 3 is 3.08 bits per heavy atom. The zero-order valence-electron chi connectivity index (χ0n) is 6.45. The van der Waals surface area contributed by atoms with Crippen LogP contribution in [0.3, 0.4) is 0 Å². The maximum atomic E-state index is 10.6. The van der Waals surface area contributed by atoms with Gasteiger partial charge in [-0.15, -0.1) is 11.3 Å². The van der Waals surface area contributed by atoms with Crippen LogP contribution < -0.4 is 0 Å². The predicted octanol–water partition coefficient (Wildman–Crippen LogP) is 1.84. The van der Waals surface area contributed by atoms with Crippen LogP contribution in [0.1, 0.15) is 0 Å². The van der Waals surface area contributed by atoms with Gasteiger partial charge in [-0.3, -0.25) is 14.7 Å². The van der Waals surface area contributed by atoms with Gasteiger partial charge in [0, 0.05) is 18.5 Å². The Morgan fingerprint density at radius 1 is 1.62 bits per heavy atom. The zero-order valence-corrected chi connectivity index (χ0v) is 7.27. The lowest BCUT2D eigenvalue weighted by molar-refractivity contribution is -0.384. The fourth-order valence-corrected chi connectivity index (χ4v) is 1.82. The van der Waals surface area contributed by atoms with Crippen LogP contribution in [-0.2, 0) is 0 Å². The van der Waals surface area contributed by atoms with Crippen molar-refractivity contribution in [2.24, 2.45) is 0 Å². The van der Waals surface area contributed by atoms with Gasteiger partial charge in [-0.25, -0.2) is 4.98 Å². The molecular weight excluding hydrogens is 190 g/mol. The molecule has 5 nitrogen and oxygen atoms in total. The summed E-state index contributed by atoms with van der Waals surface area (Å²) in [5.74, 6) is 0. The Hall–Kier alpha value is -1.69. The Bertz CT molecular complexity index is 421. The average molecular weight is 195 g/mol. The molecule has 0 bridgehead atoms. The van der Waals surface area contributed by atoms with E-state index in [0.717, 1.165) is 0 Å². The first-order valence-electron chi connectivity index (χ1n) is 3.49. The summed E-state index contributed by atoms with van der Waals surface area (Å²) in [5.41, 5.74) is 0.114. The van der Waals surface area contributed by atoms with Gasteiger partial charge < -0.3 is 0 Å². The molecule has 0 aliphatic rings. The number of nitro groups is 1. The SMILES string of the molecule is O=[N+]([O-])c1ccsc1-n1ccnc1. The maximum absolute atomic E-state index is 10.6. The van der Waals surface area contributed by atoms with Crippen molar-refractivity contribution in [3.8, 4) is 5.00 Å². The van der Waals surface area contributed by atoms with E-state index in [1.807, 2.05) is 0 Å². The number of imidazole rings is 1. The molecule has 6 heteroatoms. The fraction of sp³-hybridized carbons (Fsp3) is 0. The second-order valence-corrected chi connectivity index (χ2v) is 3.23. The molecule has 0 amide bonds. The van der Waals surface area contributed by atoms with Gasteiger partial charge in [-0.1, -0.05) is 0 Å². The lowest BCUT2D eigenvalue weighted by Crippen LogP contribution is -1.92. The third kappa shape index (κ3) is 1.31. The molecule has 0 fully saturated rings. The minimum absolute atomic E-state index is 0.114. The molecule has 0 N–H and O–H groups in total. The van der Waals surface area contributed by atoms with Gasteiger partial charge in [0.15, 0.2) is 5.00 Å². The van der Waals surface area contributed by atoms with Gasteiger partial charge in [-0.05, 0) is 5.38 Å². The minimum atomic E-state index is -0.397. The van der Waals surface area contributed by atoms with Crippen LogP contribution in [0.4, 0.5) is 5.69 Å². The van der Waals surface area contributed by atoms with Crippen LogP contribution in [0.5, 0.6) is 0 Å². The number of hydrogen-bond donors (Lipinski definition) is 0. The standard InChI is InChI=1S/C7H5N3O2S/c11-10(12)6-1-4-13-7(6)9-3-2-8-5-9/h1-5H. The highest BCUT2D eigenvalue weighted by atomic mass is 32.1. The molecule has 0 spiro atoms. The molecule has 0 atom stereocenters. The van der Waals surface area contributed by atoms with Gasteiger partial charge in [0.2, 0.25) is 0 Å². The van der Waals surface area contributed by atoms with Gasteiger partial charge >= 0.3 is 5.69 Å². The summed E-state index contributed by atoms with van der Waals surface area (Å²) < 4.78 is 1.63. The summed E-state index contributed by atoms with van der Waals surface area (Å²) >= 11 is 1.32. The van der Waals surface area contributed by atoms with Crippen molar-refractivity contribution < 1.29 is 4.92 Å². The summed E-state index contributed by atoms with van der Waals surface area (Å²) in [4.78, 5) is 14.0. The van der Waals surface area contributed by atoms with Crippen molar-refractivity contribution >= 4 is 17.0 Å². The molecule has 0 aliphatic heterocycles. The molecule has 2 rings (SSSR count). The number of thiophene rings is 1. The minimum Gasteiger partial charge on any atom is -0.292 e. The summed E-state index contributed by atoms with van der Waals surface area (Å²) in [5, 5.41) is 12.8. The number of nitrogens with zero attached hydrogens (tertiary/aromatic N) is 3. The molecule has 0 aromatic carbocycles. The van der Waals surface area contributed by atoms with Crippen LogP contribution in [-0.4, -0.2) is 14.5 Å². The zero-order chi connectivity index (χ0) is 9.26. The monoisotopic (exact) mass is 195 g/mol. The second kappa shape index (κ2) is 2.98. The van der Waals surface area contributed by atoms with Crippen LogP contribution in [0.25, 0.3) is 5.00 Å². The van der Waals surface area contributed by atoms with Crippen LogP contribution in [0.15, 0.2) is 30.2 Å². The molecule has 2 heterocycles. The summed E-state index contributed by atoms with van der Waals surface area (Å²) in [7, 11) is 0. The fourth-order valence-electron chi connectivity index (χ4n) is 1.01. The van der Waals surface area contributed by atoms with Crippen molar-refractivity contribution in [1.29, 1.82) is 0 Å². The Balaban J connectivity index is 2.52. The predicted molar refractivity (Wildman–Crippen MR) is 48.1 cm³/mol. The van der Waals surface area contributed by atoms with Crippen molar-refractivity contribution in [3.63, 3.8) is 0 Å². The van der Waals surface area contributed by atoms with E-state index in [2.05, 4.69) is 4.98 Å². The Morgan fingerprint density at radius 2 is 2.46 bits per heavy atom. The normalized spacial score (nSPS) is 10.2. The summed E-state index contributed by atoms with van der Waals surface area (Å²) in [6, 6.07) is 1.49. The highest BCUT2D eigenvalue weighted by molar-refractivity contribution is 7.13. The maximum Gasteiger partial charge on any atom is 0.304 e. The molecule has 0 aliphatic carbocycles. The molecule has 0 saturated carbocycles. The lowest BCUT2D eigenvalue weighted by Gasteiger charge is -1.95. The second-order valence-electron chi connectivity index (χ2n) is 2.34. The van der Waals surface area contributed by atoms with E-state index in [9.17, 15) is 10.1 Å². The molecule has 0 radical (unpaired) electrons. The van der Waals surface area contributed by atoms with Crippen LogP contribution in [0.2, 0.25) is 0 Å². The van der Waals surface area contributed by atoms with E-state index < -0.39 is 4.92 Å². The molecule has 0 saturated heterocycles. The third-order valence-corrected chi connectivity index (χ3v) is 2.48. The van der Waals surface area contributed by atoms with Gasteiger partial charge in [0.25, 0.3) is 0 Å². The Kier molecular flexibility index (Phi) is 1.82. The van der Waals surface area contributed by atoms with E-state index >= 15 is 0 Å². The summed E-state index contributed by atoms with van der Waals surface area (Å²) in [6.07, 6.45) is 4.81. The molecular formula is C7H5N3O2S.